The Bertz CT molecular complexity index is 295. The summed E-state index contributed by atoms with van der Waals surface area (Å²) in [4.78, 5) is 22.0. The highest BCUT2D eigenvalue weighted by Gasteiger charge is 2.31. The van der Waals surface area contributed by atoms with Gasteiger partial charge >= 0.3 is 18.2 Å². The second kappa shape index (κ2) is 7.07. The fourth-order valence-corrected chi connectivity index (χ4v) is 1.37. The van der Waals surface area contributed by atoms with E-state index in [-0.39, 0.29) is 6.42 Å². The van der Waals surface area contributed by atoms with Crippen LogP contribution < -0.4 is 10.6 Å². The lowest BCUT2D eigenvalue weighted by molar-refractivity contribution is -0.140. The maximum Gasteiger partial charge on any atom is 0.391 e. The molecule has 18 heavy (non-hydrogen) atoms. The number of nitrogens with one attached hydrogen (secondary N) is 2. The number of alkyl halides is 3. The van der Waals surface area contributed by atoms with Gasteiger partial charge in [0.15, 0.2) is 0 Å². The number of carboxylic acids is 1. The zero-order valence-corrected chi connectivity index (χ0v) is 10.2. The van der Waals surface area contributed by atoms with Gasteiger partial charge in [0.1, 0.15) is 6.04 Å². The monoisotopic (exact) mass is 270 g/mol. The van der Waals surface area contributed by atoms with Gasteiger partial charge in [-0.15, -0.1) is 0 Å². The average Bonchev–Trinajstić information content (AvgIpc) is 2.13. The molecule has 0 aromatic carbocycles. The fourth-order valence-electron chi connectivity index (χ4n) is 1.37. The standard InChI is InChI=1S/C10H17F3N2O3/c1-3-4-7(8(16)17)15-9(18)14-6(2)5-10(11,12)13/h6-7H,3-5H2,1-2H3,(H,16,17)(H2,14,15,18). The van der Waals surface area contributed by atoms with Crippen LogP contribution in [0, 0.1) is 0 Å². The van der Waals surface area contributed by atoms with Crippen molar-refractivity contribution >= 4 is 12.0 Å². The molecular weight excluding hydrogens is 253 g/mol. The number of carbonyl (C=O) groups is 2. The summed E-state index contributed by atoms with van der Waals surface area (Å²) in [6, 6.07) is -3.11. The molecule has 0 spiro atoms. The number of amides is 2. The minimum Gasteiger partial charge on any atom is -0.480 e. The predicted octanol–water partition coefficient (Wildman–Crippen LogP) is 1.88. The van der Waals surface area contributed by atoms with E-state index in [9.17, 15) is 22.8 Å². The molecular formula is C10H17F3N2O3. The predicted molar refractivity (Wildman–Crippen MR) is 58.1 cm³/mol. The summed E-state index contributed by atoms with van der Waals surface area (Å²) in [6.45, 7) is 2.93. The third-order valence-corrected chi connectivity index (χ3v) is 2.10. The van der Waals surface area contributed by atoms with E-state index in [0.717, 1.165) is 0 Å². The molecule has 2 unspecified atom stereocenters. The first-order chi connectivity index (χ1) is 8.15. The van der Waals surface area contributed by atoms with Crippen LogP contribution in [0.25, 0.3) is 0 Å². The van der Waals surface area contributed by atoms with Gasteiger partial charge in [0.2, 0.25) is 0 Å². The van der Waals surface area contributed by atoms with Crippen molar-refractivity contribution in [3.8, 4) is 0 Å². The van der Waals surface area contributed by atoms with Crippen LogP contribution >= 0.6 is 0 Å². The second-order valence-corrected chi connectivity index (χ2v) is 4.02. The van der Waals surface area contributed by atoms with Gasteiger partial charge < -0.3 is 15.7 Å². The summed E-state index contributed by atoms with van der Waals surface area (Å²) >= 11 is 0. The van der Waals surface area contributed by atoms with Crippen molar-refractivity contribution in [2.45, 2.75) is 51.4 Å². The van der Waals surface area contributed by atoms with Crippen LogP contribution in [0.3, 0.4) is 0 Å². The molecule has 0 aromatic rings. The van der Waals surface area contributed by atoms with E-state index in [1.165, 1.54) is 6.92 Å². The van der Waals surface area contributed by atoms with Gasteiger partial charge in [-0.1, -0.05) is 13.3 Å². The van der Waals surface area contributed by atoms with E-state index in [1.54, 1.807) is 6.92 Å². The molecule has 0 aliphatic carbocycles. The second-order valence-electron chi connectivity index (χ2n) is 4.02. The molecule has 8 heteroatoms. The molecule has 0 fully saturated rings. The number of halogens is 3. The zero-order chi connectivity index (χ0) is 14.3. The van der Waals surface area contributed by atoms with Crippen molar-refractivity contribution in [2.75, 3.05) is 0 Å². The number of rotatable bonds is 6. The number of aliphatic carboxylic acids is 1. The lowest BCUT2D eigenvalue weighted by Gasteiger charge is -2.18. The minimum absolute atomic E-state index is 0.219. The fraction of sp³-hybridized carbons (Fsp3) is 0.800. The Labute approximate surface area is 103 Å². The quantitative estimate of drug-likeness (QED) is 0.689. The number of carboxylic acid groups (broad SMARTS) is 1. The first-order valence-corrected chi connectivity index (χ1v) is 5.52. The Morgan fingerprint density at radius 2 is 1.83 bits per heavy atom. The first kappa shape index (κ1) is 16.5. The largest absolute Gasteiger partial charge is 0.480 e. The summed E-state index contributed by atoms with van der Waals surface area (Å²) in [7, 11) is 0. The summed E-state index contributed by atoms with van der Waals surface area (Å²) in [5.41, 5.74) is 0. The molecule has 0 saturated carbocycles. The maximum absolute atomic E-state index is 12.0. The third-order valence-electron chi connectivity index (χ3n) is 2.10. The van der Waals surface area contributed by atoms with Crippen LogP contribution in [-0.2, 0) is 4.79 Å². The molecule has 2 atom stereocenters. The molecule has 0 saturated heterocycles. The van der Waals surface area contributed by atoms with E-state index >= 15 is 0 Å². The van der Waals surface area contributed by atoms with Crippen molar-refractivity contribution in [1.82, 2.24) is 10.6 Å². The van der Waals surface area contributed by atoms with Crippen LogP contribution in [0.4, 0.5) is 18.0 Å². The lowest BCUT2D eigenvalue weighted by Crippen LogP contribution is -2.49. The molecule has 0 rings (SSSR count). The topological polar surface area (TPSA) is 78.4 Å². The van der Waals surface area contributed by atoms with E-state index in [0.29, 0.717) is 6.42 Å². The van der Waals surface area contributed by atoms with Gasteiger partial charge in [0.05, 0.1) is 6.42 Å². The van der Waals surface area contributed by atoms with Gasteiger partial charge in [-0.3, -0.25) is 0 Å². The summed E-state index contributed by atoms with van der Waals surface area (Å²) in [5, 5.41) is 12.9. The Hall–Kier alpha value is -1.47. The third kappa shape index (κ3) is 7.75. The smallest absolute Gasteiger partial charge is 0.391 e. The Morgan fingerprint density at radius 3 is 2.22 bits per heavy atom. The Balaban J connectivity index is 4.20. The van der Waals surface area contributed by atoms with Gasteiger partial charge in [0, 0.05) is 6.04 Å². The first-order valence-electron chi connectivity index (χ1n) is 5.52. The molecule has 0 aliphatic rings. The highest BCUT2D eigenvalue weighted by atomic mass is 19.4. The molecule has 2 amide bonds. The number of hydrogen-bond acceptors (Lipinski definition) is 2. The van der Waals surface area contributed by atoms with E-state index in [4.69, 9.17) is 5.11 Å². The van der Waals surface area contributed by atoms with E-state index in [2.05, 4.69) is 5.32 Å². The molecule has 106 valence electrons. The van der Waals surface area contributed by atoms with Gasteiger partial charge in [-0.2, -0.15) is 13.2 Å². The van der Waals surface area contributed by atoms with Gasteiger partial charge in [0.25, 0.3) is 0 Å². The van der Waals surface area contributed by atoms with Gasteiger partial charge in [-0.05, 0) is 13.3 Å². The molecule has 3 N–H and O–H groups in total. The van der Waals surface area contributed by atoms with Crippen LogP contribution in [0.15, 0.2) is 0 Å². The van der Waals surface area contributed by atoms with Gasteiger partial charge in [-0.25, -0.2) is 9.59 Å². The van der Waals surface area contributed by atoms with E-state index in [1.807, 2.05) is 5.32 Å². The van der Waals surface area contributed by atoms with Crippen LogP contribution in [-0.4, -0.2) is 35.4 Å². The van der Waals surface area contributed by atoms with Crippen molar-refractivity contribution < 1.29 is 27.9 Å². The van der Waals surface area contributed by atoms with Crippen LogP contribution in [0.1, 0.15) is 33.1 Å². The van der Waals surface area contributed by atoms with E-state index < -0.39 is 36.7 Å². The summed E-state index contributed by atoms with van der Waals surface area (Å²) in [5.74, 6) is -1.21. The average molecular weight is 270 g/mol. The molecule has 0 heterocycles. The Morgan fingerprint density at radius 1 is 1.28 bits per heavy atom. The highest BCUT2D eigenvalue weighted by Crippen LogP contribution is 2.21. The number of urea groups is 1. The molecule has 0 bridgehead atoms. The SMILES string of the molecule is CCCC(NC(=O)NC(C)CC(F)(F)F)C(=O)O. The summed E-state index contributed by atoms with van der Waals surface area (Å²) in [6.07, 6.45) is -4.78. The maximum atomic E-state index is 12.0. The zero-order valence-electron chi connectivity index (χ0n) is 10.2. The molecule has 0 aromatic heterocycles. The summed E-state index contributed by atoms with van der Waals surface area (Å²) < 4.78 is 36.0. The van der Waals surface area contributed by atoms with Crippen molar-refractivity contribution in [3.05, 3.63) is 0 Å². The number of carbonyl (C=O) groups excluding carboxylic acids is 1. The number of hydrogen-bond donors (Lipinski definition) is 3. The molecule has 0 aliphatic heterocycles. The van der Waals surface area contributed by atoms with Crippen molar-refractivity contribution in [2.24, 2.45) is 0 Å². The van der Waals surface area contributed by atoms with Crippen molar-refractivity contribution in [1.29, 1.82) is 0 Å². The Kier molecular flexibility index (Phi) is 6.50. The molecule has 5 nitrogen and oxygen atoms in total. The van der Waals surface area contributed by atoms with Crippen molar-refractivity contribution in [3.63, 3.8) is 0 Å². The van der Waals surface area contributed by atoms with Crippen LogP contribution in [0.2, 0.25) is 0 Å². The normalized spacial score (nSPS) is 14.7. The highest BCUT2D eigenvalue weighted by molar-refractivity contribution is 5.82. The minimum atomic E-state index is -4.37. The lowest BCUT2D eigenvalue weighted by atomic mass is 10.2. The van der Waals surface area contributed by atoms with Crippen LogP contribution in [0.5, 0.6) is 0 Å². The molecule has 0 radical (unpaired) electrons.